The van der Waals surface area contributed by atoms with E-state index in [-0.39, 0.29) is 6.04 Å². The van der Waals surface area contributed by atoms with Crippen LogP contribution in [0.25, 0.3) is 0 Å². The van der Waals surface area contributed by atoms with Crippen LogP contribution < -0.4 is 5.73 Å². The van der Waals surface area contributed by atoms with Gasteiger partial charge in [-0.05, 0) is 36.6 Å². The second-order valence-corrected chi connectivity index (χ2v) is 5.07. The van der Waals surface area contributed by atoms with Crippen LogP contribution in [-0.2, 0) is 11.2 Å². The first-order valence-electron chi connectivity index (χ1n) is 5.44. The van der Waals surface area contributed by atoms with Crippen molar-refractivity contribution in [2.24, 2.45) is 11.7 Å². The van der Waals surface area contributed by atoms with Crippen molar-refractivity contribution in [2.75, 3.05) is 13.2 Å². The Bertz CT molecular complexity index is 370. The van der Waals surface area contributed by atoms with Gasteiger partial charge in [-0.3, -0.25) is 0 Å². The van der Waals surface area contributed by atoms with E-state index < -0.39 is 0 Å². The van der Waals surface area contributed by atoms with Gasteiger partial charge in [0.2, 0.25) is 0 Å². The molecular formula is C12H15Cl2NO. The molecule has 1 aliphatic heterocycles. The lowest BCUT2D eigenvalue weighted by atomic mass is 9.90. The molecule has 2 rings (SSSR count). The standard InChI is InChI=1S/C12H15Cl2NO/c13-10-1-2-11(14)8(6-10)5-9-7-16-4-3-12(9)15/h1-2,6,9,12H,3-5,7,15H2/t9-,12-/m1/s1. The maximum atomic E-state index is 6.12. The highest BCUT2D eigenvalue weighted by Crippen LogP contribution is 2.25. The molecule has 0 aliphatic carbocycles. The Kier molecular flexibility index (Phi) is 4.09. The average molecular weight is 260 g/mol. The number of hydrogen-bond acceptors (Lipinski definition) is 2. The molecule has 2 nitrogen and oxygen atoms in total. The lowest BCUT2D eigenvalue weighted by Gasteiger charge is -2.29. The van der Waals surface area contributed by atoms with Crippen LogP contribution >= 0.6 is 23.2 Å². The second kappa shape index (κ2) is 5.37. The highest BCUT2D eigenvalue weighted by molar-refractivity contribution is 6.33. The molecule has 0 spiro atoms. The van der Waals surface area contributed by atoms with Crippen molar-refractivity contribution in [1.29, 1.82) is 0 Å². The minimum Gasteiger partial charge on any atom is -0.381 e. The van der Waals surface area contributed by atoms with Crippen molar-refractivity contribution in [2.45, 2.75) is 18.9 Å². The maximum Gasteiger partial charge on any atom is 0.0512 e. The Morgan fingerprint density at radius 2 is 2.19 bits per heavy atom. The molecule has 1 aliphatic rings. The number of nitrogens with two attached hydrogens (primary N) is 1. The van der Waals surface area contributed by atoms with Crippen LogP contribution in [0.4, 0.5) is 0 Å². The van der Waals surface area contributed by atoms with Gasteiger partial charge in [0.15, 0.2) is 0 Å². The largest absolute Gasteiger partial charge is 0.381 e. The van der Waals surface area contributed by atoms with Crippen LogP contribution in [0.5, 0.6) is 0 Å². The van der Waals surface area contributed by atoms with E-state index in [4.69, 9.17) is 33.7 Å². The highest BCUT2D eigenvalue weighted by atomic mass is 35.5. The van der Waals surface area contributed by atoms with Crippen LogP contribution in [0.1, 0.15) is 12.0 Å². The van der Waals surface area contributed by atoms with Crippen LogP contribution in [0, 0.1) is 5.92 Å². The van der Waals surface area contributed by atoms with Crippen molar-refractivity contribution in [1.82, 2.24) is 0 Å². The molecule has 2 atom stereocenters. The first-order chi connectivity index (χ1) is 7.66. The Balaban J connectivity index is 2.10. The van der Waals surface area contributed by atoms with Gasteiger partial charge in [-0.1, -0.05) is 23.2 Å². The van der Waals surface area contributed by atoms with Crippen molar-refractivity contribution in [3.05, 3.63) is 33.8 Å². The fourth-order valence-electron chi connectivity index (χ4n) is 2.01. The summed E-state index contributed by atoms with van der Waals surface area (Å²) in [5.74, 6) is 0.338. The summed E-state index contributed by atoms with van der Waals surface area (Å²) in [7, 11) is 0. The molecule has 1 heterocycles. The van der Waals surface area contributed by atoms with Gasteiger partial charge in [-0.2, -0.15) is 0 Å². The zero-order valence-corrected chi connectivity index (χ0v) is 10.5. The zero-order valence-electron chi connectivity index (χ0n) is 8.96. The minimum atomic E-state index is 0.198. The molecule has 0 bridgehead atoms. The first-order valence-corrected chi connectivity index (χ1v) is 6.19. The number of benzene rings is 1. The molecule has 0 unspecified atom stereocenters. The van der Waals surface area contributed by atoms with Gasteiger partial charge in [0, 0.05) is 28.6 Å². The molecule has 0 amide bonds. The van der Waals surface area contributed by atoms with E-state index in [0.717, 1.165) is 30.0 Å². The van der Waals surface area contributed by atoms with Crippen LogP contribution in [0.15, 0.2) is 18.2 Å². The van der Waals surface area contributed by atoms with E-state index in [1.54, 1.807) is 6.07 Å². The Labute approximate surface area is 106 Å². The van der Waals surface area contributed by atoms with Gasteiger partial charge >= 0.3 is 0 Å². The van der Waals surface area contributed by atoms with E-state index in [2.05, 4.69) is 0 Å². The third kappa shape index (κ3) is 2.89. The summed E-state index contributed by atoms with van der Waals surface area (Å²) in [6, 6.07) is 5.73. The van der Waals surface area contributed by atoms with Crippen LogP contribution in [-0.4, -0.2) is 19.3 Å². The molecule has 0 aromatic heterocycles. The summed E-state index contributed by atoms with van der Waals surface area (Å²) >= 11 is 12.1. The number of rotatable bonds is 2. The van der Waals surface area contributed by atoms with Gasteiger partial charge < -0.3 is 10.5 Å². The summed E-state index contributed by atoms with van der Waals surface area (Å²) < 4.78 is 5.44. The molecule has 1 aromatic carbocycles. The summed E-state index contributed by atoms with van der Waals surface area (Å²) in [4.78, 5) is 0. The van der Waals surface area contributed by atoms with Gasteiger partial charge in [0.1, 0.15) is 0 Å². The van der Waals surface area contributed by atoms with E-state index in [0.29, 0.717) is 17.5 Å². The van der Waals surface area contributed by atoms with Gasteiger partial charge in [0.25, 0.3) is 0 Å². The highest BCUT2D eigenvalue weighted by Gasteiger charge is 2.23. The summed E-state index contributed by atoms with van der Waals surface area (Å²) in [5, 5.41) is 1.46. The summed E-state index contributed by atoms with van der Waals surface area (Å²) in [6.45, 7) is 1.48. The maximum absolute atomic E-state index is 6.12. The SMILES string of the molecule is N[C@@H]1CCOC[C@H]1Cc1cc(Cl)ccc1Cl. The monoisotopic (exact) mass is 259 g/mol. The first kappa shape index (κ1) is 12.2. The predicted molar refractivity (Wildman–Crippen MR) is 67.1 cm³/mol. The molecule has 2 N–H and O–H groups in total. The fraction of sp³-hybridized carbons (Fsp3) is 0.500. The zero-order chi connectivity index (χ0) is 11.5. The van der Waals surface area contributed by atoms with Crippen LogP contribution in [0.3, 0.4) is 0 Å². The molecule has 4 heteroatoms. The molecule has 88 valence electrons. The molecule has 0 saturated carbocycles. The third-order valence-corrected chi connectivity index (χ3v) is 3.63. The normalized spacial score (nSPS) is 25.7. The van der Waals surface area contributed by atoms with Crippen LogP contribution in [0.2, 0.25) is 10.0 Å². The average Bonchev–Trinajstić information content (AvgIpc) is 2.27. The fourth-order valence-corrected chi connectivity index (χ4v) is 2.40. The Morgan fingerprint density at radius 3 is 2.94 bits per heavy atom. The smallest absolute Gasteiger partial charge is 0.0512 e. The number of ether oxygens (including phenoxy) is 1. The van der Waals surface area contributed by atoms with Gasteiger partial charge in [0.05, 0.1) is 6.61 Å². The lowest BCUT2D eigenvalue weighted by molar-refractivity contribution is 0.0422. The molecule has 0 radical (unpaired) electrons. The van der Waals surface area contributed by atoms with E-state index >= 15 is 0 Å². The molecule has 1 aromatic rings. The lowest BCUT2D eigenvalue weighted by Crippen LogP contribution is -2.39. The Morgan fingerprint density at radius 1 is 1.38 bits per heavy atom. The quantitative estimate of drug-likeness (QED) is 0.887. The molecular weight excluding hydrogens is 245 g/mol. The van der Waals surface area contributed by atoms with Crippen molar-refractivity contribution < 1.29 is 4.74 Å². The number of hydrogen-bond donors (Lipinski definition) is 1. The topological polar surface area (TPSA) is 35.2 Å². The minimum absolute atomic E-state index is 0.198. The van der Waals surface area contributed by atoms with Gasteiger partial charge in [-0.15, -0.1) is 0 Å². The second-order valence-electron chi connectivity index (χ2n) is 4.23. The van der Waals surface area contributed by atoms with Crippen molar-refractivity contribution in [3.63, 3.8) is 0 Å². The summed E-state index contributed by atoms with van der Waals surface area (Å²) in [6.07, 6.45) is 1.75. The third-order valence-electron chi connectivity index (χ3n) is 3.02. The van der Waals surface area contributed by atoms with E-state index in [1.807, 2.05) is 12.1 Å². The van der Waals surface area contributed by atoms with Crippen molar-refractivity contribution in [3.8, 4) is 0 Å². The molecule has 1 saturated heterocycles. The Hall–Kier alpha value is -0.280. The number of halogens is 2. The molecule has 16 heavy (non-hydrogen) atoms. The summed E-state index contributed by atoms with van der Waals surface area (Å²) in [5.41, 5.74) is 7.11. The van der Waals surface area contributed by atoms with Gasteiger partial charge in [-0.25, -0.2) is 0 Å². The van der Waals surface area contributed by atoms with E-state index in [1.165, 1.54) is 0 Å². The predicted octanol–water partition coefficient (Wildman–Crippen LogP) is 2.90. The molecule has 1 fully saturated rings. The van der Waals surface area contributed by atoms with E-state index in [9.17, 15) is 0 Å². The van der Waals surface area contributed by atoms with Crippen molar-refractivity contribution >= 4 is 23.2 Å².